The van der Waals surface area contributed by atoms with Gasteiger partial charge in [0.1, 0.15) is 0 Å². The standard InChI is InChI=1S/C17H21N5O2S/c1-19-17(22-9-13-6-7-25-11-13)21-8-12-2-4-14(5-3-12)16(24)20-10-15(18)23/h2-7,11H,8-10H2,1H3,(H2,18,23)(H,20,24)(H2,19,21,22). The Kier molecular flexibility index (Phi) is 6.97. The lowest BCUT2D eigenvalue weighted by Crippen LogP contribution is -2.36. The zero-order valence-electron chi connectivity index (χ0n) is 13.9. The van der Waals surface area contributed by atoms with Crippen molar-refractivity contribution < 1.29 is 9.59 Å². The van der Waals surface area contributed by atoms with Crippen molar-refractivity contribution in [2.24, 2.45) is 10.7 Å². The molecule has 0 atom stereocenters. The summed E-state index contributed by atoms with van der Waals surface area (Å²) >= 11 is 1.66. The molecule has 1 aromatic heterocycles. The number of nitrogens with two attached hydrogens (primary N) is 1. The van der Waals surface area contributed by atoms with E-state index in [0.717, 1.165) is 5.56 Å². The van der Waals surface area contributed by atoms with Crippen LogP contribution >= 0.6 is 11.3 Å². The van der Waals surface area contributed by atoms with E-state index >= 15 is 0 Å². The molecule has 0 saturated heterocycles. The molecule has 8 heteroatoms. The smallest absolute Gasteiger partial charge is 0.251 e. The minimum Gasteiger partial charge on any atom is -0.368 e. The second-order valence-corrected chi connectivity index (χ2v) is 6.04. The molecule has 1 aromatic carbocycles. The molecule has 0 bridgehead atoms. The van der Waals surface area contributed by atoms with Crippen LogP contribution in [-0.4, -0.2) is 31.4 Å². The van der Waals surface area contributed by atoms with Crippen LogP contribution in [0.15, 0.2) is 46.1 Å². The molecule has 0 unspecified atom stereocenters. The third-order valence-electron chi connectivity index (χ3n) is 3.36. The van der Waals surface area contributed by atoms with Crippen LogP contribution in [0.25, 0.3) is 0 Å². The van der Waals surface area contributed by atoms with E-state index in [4.69, 9.17) is 5.73 Å². The van der Waals surface area contributed by atoms with E-state index in [9.17, 15) is 9.59 Å². The van der Waals surface area contributed by atoms with Crippen molar-refractivity contribution in [2.75, 3.05) is 13.6 Å². The number of thiophene rings is 1. The Morgan fingerprint density at radius 3 is 2.28 bits per heavy atom. The van der Waals surface area contributed by atoms with E-state index in [0.29, 0.717) is 24.6 Å². The van der Waals surface area contributed by atoms with E-state index < -0.39 is 5.91 Å². The Hall–Kier alpha value is -2.87. The van der Waals surface area contributed by atoms with Gasteiger partial charge in [-0.25, -0.2) is 0 Å². The molecule has 7 nitrogen and oxygen atoms in total. The molecule has 0 saturated carbocycles. The van der Waals surface area contributed by atoms with Crippen molar-refractivity contribution in [1.29, 1.82) is 0 Å². The molecule has 0 aliphatic rings. The maximum Gasteiger partial charge on any atom is 0.251 e. The van der Waals surface area contributed by atoms with Crippen molar-refractivity contribution in [3.8, 4) is 0 Å². The van der Waals surface area contributed by atoms with E-state index in [1.807, 2.05) is 17.5 Å². The lowest BCUT2D eigenvalue weighted by molar-refractivity contribution is -0.117. The number of rotatable bonds is 7. The Morgan fingerprint density at radius 1 is 1.04 bits per heavy atom. The van der Waals surface area contributed by atoms with Gasteiger partial charge in [0, 0.05) is 25.7 Å². The maximum atomic E-state index is 11.8. The molecule has 2 amide bonds. The van der Waals surface area contributed by atoms with Crippen molar-refractivity contribution >= 4 is 29.1 Å². The molecule has 25 heavy (non-hydrogen) atoms. The molecule has 0 fully saturated rings. The van der Waals surface area contributed by atoms with Crippen LogP contribution < -0.4 is 21.7 Å². The molecule has 2 aromatic rings. The molecule has 5 N–H and O–H groups in total. The first kappa shape index (κ1) is 18.5. The number of guanidine groups is 1. The molecule has 0 spiro atoms. The fourth-order valence-electron chi connectivity index (χ4n) is 2.03. The number of hydrogen-bond acceptors (Lipinski definition) is 4. The second kappa shape index (κ2) is 9.43. The lowest BCUT2D eigenvalue weighted by atomic mass is 10.1. The van der Waals surface area contributed by atoms with Crippen LogP contribution in [0.1, 0.15) is 21.5 Å². The van der Waals surface area contributed by atoms with Crippen molar-refractivity contribution in [3.63, 3.8) is 0 Å². The van der Waals surface area contributed by atoms with Gasteiger partial charge in [-0.1, -0.05) is 12.1 Å². The summed E-state index contributed by atoms with van der Waals surface area (Å²) in [5.74, 6) is -0.198. The number of nitrogens with zero attached hydrogens (tertiary/aromatic N) is 1. The summed E-state index contributed by atoms with van der Waals surface area (Å²) in [4.78, 5) is 26.7. The first-order valence-corrected chi connectivity index (χ1v) is 8.64. The highest BCUT2D eigenvalue weighted by Gasteiger charge is 2.06. The molecule has 0 radical (unpaired) electrons. The van der Waals surface area contributed by atoms with E-state index in [1.54, 1.807) is 30.5 Å². The summed E-state index contributed by atoms with van der Waals surface area (Å²) in [6.45, 7) is 1.11. The number of primary amides is 1. The minimum absolute atomic E-state index is 0.172. The van der Waals surface area contributed by atoms with Gasteiger partial charge in [0.25, 0.3) is 5.91 Å². The average molecular weight is 359 g/mol. The van der Waals surface area contributed by atoms with E-state index in [-0.39, 0.29) is 12.5 Å². The van der Waals surface area contributed by atoms with Gasteiger partial charge in [-0.3, -0.25) is 14.6 Å². The highest BCUT2D eigenvalue weighted by atomic mass is 32.1. The normalized spacial score (nSPS) is 11.0. The number of carbonyl (C=O) groups is 2. The van der Waals surface area contributed by atoms with Crippen LogP contribution in [0.4, 0.5) is 0 Å². The molecule has 0 aliphatic heterocycles. The molecule has 132 valence electrons. The summed E-state index contributed by atoms with van der Waals surface area (Å²) < 4.78 is 0. The first-order valence-electron chi connectivity index (χ1n) is 7.69. The van der Waals surface area contributed by atoms with Crippen LogP contribution in [0.2, 0.25) is 0 Å². The van der Waals surface area contributed by atoms with Gasteiger partial charge in [0.2, 0.25) is 5.91 Å². The average Bonchev–Trinajstić information content (AvgIpc) is 3.14. The molecule has 0 aliphatic carbocycles. The minimum atomic E-state index is -0.574. The number of nitrogens with one attached hydrogen (secondary N) is 3. The van der Waals surface area contributed by atoms with Gasteiger partial charge in [0.15, 0.2) is 5.96 Å². The van der Waals surface area contributed by atoms with Gasteiger partial charge in [-0.15, -0.1) is 0 Å². The predicted molar refractivity (Wildman–Crippen MR) is 99.3 cm³/mol. The van der Waals surface area contributed by atoms with Gasteiger partial charge < -0.3 is 21.7 Å². The summed E-state index contributed by atoms with van der Waals surface area (Å²) in [7, 11) is 1.72. The molecule has 1 heterocycles. The summed E-state index contributed by atoms with van der Waals surface area (Å²) in [6, 6.07) is 9.16. The Balaban J connectivity index is 1.81. The van der Waals surface area contributed by atoms with Crippen LogP contribution in [0, 0.1) is 0 Å². The third-order valence-corrected chi connectivity index (χ3v) is 4.09. The third kappa shape index (κ3) is 6.27. The number of aliphatic imine (C=N–C) groups is 1. The summed E-state index contributed by atoms with van der Waals surface area (Å²) in [6.07, 6.45) is 0. The zero-order valence-corrected chi connectivity index (χ0v) is 14.7. The van der Waals surface area contributed by atoms with Gasteiger partial charge in [-0.05, 0) is 40.1 Å². The monoisotopic (exact) mass is 359 g/mol. The van der Waals surface area contributed by atoms with Crippen molar-refractivity contribution in [3.05, 3.63) is 57.8 Å². The van der Waals surface area contributed by atoms with Crippen LogP contribution in [0.3, 0.4) is 0 Å². The number of amides is 2. The van der Waals surface area contributed by atoms with Gasteiger partial charge in [0.05, 0.1) is 6.54 Å². The SMILES string of the molecule is CN=C(NCc1ccc(C(=O)NCC(N)=O)cc1)NCc1ccsc1. The summed E-state index contributed by atoms with van der Waals surface area (Å²) in [5, 5.41) is 13.0. The maximum absolute atomic E-state index is 11.8. The van der Waals surface area contributed by atoms with E-state index in [1.165, 1.54) is 5.56 Å². The van der Waals surface area contributed by atoms with Crippen LogP contribution in [0.5, 0.6) is 0 Å². The molecule has 2 rings (SSSR count). The molecular weight excluding hydrogens is 338 g/mol. The molecular formula is C17H21N5O2S. The quantitative estimate of drug-likeness (QED) is 0.434. The number of benzene rings is 1. The Morgan fingerprint density at radius 2 is 1.72 bits per heavy atom. The lowest BCUT2D eigenvalue weighted by Gasteiger charge is -2.11. The fourth-order valence-corrected chi connectivity index (χ4v) is 2.70. The number of hydrogen-bond donors (Lipinski definition) is 4. The van der Waals surface area contributed by atoms with Gasteiger partial charge in [-0.2, -0.15) is 11.3 Å². The highest BCUT2D eigenvalue weighted by molar-refractivity contribution is 7.07. The fraction of sp³-hybridized carbons (Fsp3) is 0.235. The first-order chi connectivity index (χ1) is 12.1. The Bertz CT molecular complexity index is 726. The zero-order chi connectivity index (χ0) is 18.1. The number of carbonyl (C=O) groups excluding carboxylic acids is 2. The highest BCUT2D eigenvalue weighted by Crippen LogP contribution is 2.06. The summed E-state index contributed by atoms with van der Waals surface area (Å²) in [5.41, 5.74) is 7.69. The van der Waals surface area contributed by atoms with Gasteiger partial charge >= 0.3 is 0 Å². The largest absolute Gasteiger partial charge is 0.368 e. The Labute approximate surface area is 150 Å². The predicted octanol–water partition coefficient (Wildman–Crippen LogP) is 0.828. The van der Waals surface area contributed by atoms with Crippen molar-refractivity contribution in [1.82, 2.24) is 16.0 Å². The van der Waals surface area contributed by atoms with Crippen LogP contribution in [-0.2, 0) is 17.9 Å². The van der Waals surface area contributed by atoms with E-state index in [2.05, 4.69) is 32.4 Å². The topological polar surface area (TPSA) is 109 Å². The second-order valence-electron chi connectivity index (χ2n) is 5.26. The van der Waals surface area contributed by atoms with Crippen molar-refractivity contribution in [2.45, 2.75) is 13.1 Å².